The Morgan fingerprint density at radius 1 is 1.24 bits per heavy atom. The summed E-state index contributed by atoms with van der Waals surface area (Å²) >= 11 is 0. The van der Waals surface area contributed by atoms with Crippen LogP contribution >= 0.6 is 0 Å². The van der Waals surface area contributed by atoms with Gasteiger partial charge in [0.1, 0.15) is 5.75 Å². The molecule has 3 rings (SSSR count). The molecule has 2 heterocycles. The quantitative estimate of drug-likeness (QED) is 0.813. The number of rotatable bonds is 6. The van der Waals surface area contributed by atoms with Crippen molar-refractivity contribution in [3.63, 3.8) is 0 Å². The second-order valence-electron chi connectivity index (χ2n) is 5.75. The highest BCUT2D eigenvalue weighted by atomic mass is 16.5. The number of nitrogens with zero attached hydrogens (tertiary/aromatic N) is 1. The standard InChI is InChI=1S/C16H21NO4/c18-16(19)12-2-4-13(5-3-12)20-9-1-8-17-10-14-6-7-15(11-17)21-14/h2-5,14-15H,1,6-11H2,(H,18,19). The Balaban J connectivity index is 1.37. The molecule has 0 spiro atoms. The molecule has 2 unspecified atom stereocenters. The molecule has 5 heteroatoms. The third-order valence-electron chi connectivity index (χ3n) is 4.11. The number of ether oxygens (including phenoxy) is 2. The Hall–Kier alpha value is -1.59. The molecule has 2 aliphatic heterocycles. The van der Waals surface area contributed by atoms with E-state index in [2.05, 4.69) is 4.90 Å². The van der Waals surface area contributed by atoms with Crippen LogP contribution in [0.25, 0.3) is 0 Å². The van der Waals surface area contributed by atoms with Crippen LogP contribution in [-0.4, -0.2) is 54.4 Å². The van der Waals surface area contributed by atoms with Crippen molar-refractivity contribution in [2.45, 2.75) is 31.5 Å². The lowest BCUT2D eigenvalue weighted by atomic mass is 10.2. The fraction of sp³-hybridized carbons (Fsp3) is 0.562. The molecule has 5 nitrogen and oxygen atoms in total. The molecule has 2 fully saturated rings. The van der Waals surface area contributed by atoms with Crippen LogP contribution < -0.4 is 4.74 Å². The largest absolute Gasteiger partial charge is 0.494 e. The average Bonchev–Trinajstić information content (AvgIpc) is 2.83. The number of fused-ring (bicyclic) bond motifs is 2. The van der Waals surface area contributed by atoms with Gasteiger partial charge < -0.3 is 14.6 Å². The second kappa shape index (κ2) is 6.45. The number of carbonyl (C=O) groups is 1. The molecule has 0 amide bonds. The molecule has 2 bridgehead atoms. The van der Waals surface area contributed by atoms with Crippen LogP contribution in [0.1, 0.15) is 29.6 Å². The molecular formula is C16H21NO4. The van der Waals surface area contributed by atoms with Crippen molar-refractivity contribution >= 4 is 5.97 Å². The average molecular weight is 291 g/mol. The zero-order chi connectivity index (χ0) is 14.7. The molecule has 0 aliphatic carbocycles. The highest BCUT2D eigenvalue weighted by Gasteiger charge is 2.33. The Kier molecular flexibility index (Phi) is 4.41. The number of hydrogen-bond donors (Lipinski definition) is 1. The lowest BCUT2D eigenvalue weighted by Crippen LogP contribution is -2.43. The molecule has 2 saturated heterocycles. The van der Waals surface area contributed by atoms with Gasteiger partial charge in [0.15, 0.2) is 0 Å². The molecule has 2 aliphatic rings. The summed E-state index contributed by atoms with van der Waals surface area (Å²) < 4.78 is 11.5. The van der Waals surface area contributed by atoms with E-state index < -0.39 is 5.97 Å². The highest BCUT2D eigenvalue weighted by molar-refractivity contribution is 5.87. The van der Waals surface area contributed by atoms with Gasteiger partial charge in [0.2, 0.25) is 0 Å². The van der Waals surface area contributed by atoms with Gasteiger partial charge >= 0.3 is 5.97 Å². The van der Waals surface area contributed by atoms with Crippen LogP contribution in [0.2, 0.25) is 0 Å². The number of carboxylic acids is 1. The summed E-state index contributed by atoms with van der Waals surface area (Å²) in [4.78, 5) is 13.2. The smallest absolute Gasteiger partial charge is 0.335 e. The van der Waals surface area contributed by atoms with Gasteiger partial charge in [-0.05, 0) is 43.5 Å². The van der Waals surface area contributed by atoms with E-state index >= 15 is 0 Å². The van der Waals surface area contributed by atoms with Crippen LogP contribution in [-0.2, 0) is 4.74 Å². The molecule has 1 aromatic rings. The molecule has 114 valence electrons. The van der Waals surface area contributed by atoms with Crippen molar-refractivity contribution in [2.75, 3.05) is 26.2 Å². The number of morpholine rings is 1. The first-order valence-electron chi connectivity index (χ1n) is 7.54. The first-order valence-corrected chi connectivity index (χ1v) is 7.54. The summed E-state index contributed by atoms with van der Waals surface area (Å²) in [6.07, 6.45) is 4.25. The number of hydrogen-bond acceptors (Lipinski definition) is 4. The number of carboxylic acid groups (broad SMARTS) is 1. The van der Waals surface area contributed by atoms with E-state index in [0.29, 0.717) is 18.8 Å². The first kappa shape index (κ1) is 14.4. The predicted molar refractivity (Wildman–Crippen MR) is 77.8 cm³/mol. The Labute approximate surface area is 124 Å². The summed E-state index contributed by atoms with van der Waals surface area (Å²) in [6, 6.07) is 6.55. The summed E-state index contributed by atoms with van der Waals surface area (Å²) in [5, 5.41) is 8.83. The van der Waals surface area contributed by atoms with Gasteiger partial charge in [-0.25, -0.2) is 4.79 Å². The summed E-state index contributed by atoms with van der Waals surface area (Å²) in [5.74, 6) is -0.189. The Morgan fingerprint density at radius 3 is 2.52 bits per heavy atom. The van der Waals surface area contributed by atoms with E-state index in [9.17, 15) is 4.79 Å². The topological polar surface area (TPSA) is 59.0 Å². The van der Waals surface area contributed by atoms with Gasteiger partial charge in [-0.1, -0.05) is 0 Å². The van der Waals surface area contributed by atoms with Crippen LogP contribution in [0, 0.1) is 0 Å². The highest BCUT2D eigenvalue weighted by Crippen LogP contribution is 2.26. The third-order valence-corrected chi connectivity index (χ3v) is 4.11. The number of likely N-dealkylation sites (tertiary alicyclic amines) is 1. The summed E-state index contributed by atoms with van der Waals surface area (Å²) in [7, 11) is 0. The van der Waals surface area contributed by atoms with Crippen molar-refractivity contribution in [1.29, 1.82) is 0 Å². The van der Waals surface area contributed by atoms with Crippen molar-refractivity contribution in [1.82, 2.24) is 4.90 Å². The monoisotopic (exact) mass is 291 g/mol. The number of benzene rings is 1. The molecule has 0 radical (unpaired) electrons. The Bertz CT molecular complexity index is 476. The molecule has 1 aromatic carbocycles. The SMILES string of the molecule is O=C(O)c1ccc(OCCCN2CC3CCC(C2)O3)cc1. The van der Waals surface area contributed by atoms with Crippen LogP contribution in [0.3, 0.4) is 0 Å². The summed E-state index contributed by atoms with van der Waals surface area (Å²) in [5.41, 5.74) is 0.283. The van der Waals surface area contributed by atoms with Gasteiger partial charge in [-0.2, -0.15) is 0 Å². The van der Waals surface area contributed by atoms with E-state index in [4.69, 9.17) is 14.6 Å². The lowest BCUT2D eigenvalue weighted by molar-refractivity contribution is -0.0391. The minimum absolute atomic E-state index is 0.283. The maximum atomic E-state index is 10.7. The zero-order valence-electron chi connectivity index (χ0n) is 12.0. The normalized spacial score (nSPS) is 25.0. The maximum absolute atomic E-state index is 10.7. The fourth-order valence-electron chi connectivity index (χ4n) is 3.05. The van der Waals surface area contributed by atoms with Gasteiger partial charge in [-0.3, -0.25) is 4.90 Å². The minimum Gasteiger partial charge on any atom is -0.494 e. The van der Waals surface area contributed by atoms with E-state index in [1.807, 2.05) is 0 Å². The van der Waals surface area contributed by atoms with Gasteiger partial charge in [0, 0.05) is 19.6 Å². The molecule has 2 atom stereocenters. The summed E-state index contributed by atoms with van der Waals surface area (Å²) in [6.45, 7) is 3.77. The maximum Gasteiger partial charge on any atom is 0.335 e. The van der Waals surface area contributed by atoms with E-state index in [-0.39, 0.29) is 5.56 Å². The number of aromatic carboxylic acids is 1. The zero-order valence-corrected chi connectivity index (χ0v) is 12.0. The van der Waals surface area contributed by atoms with Crippen molar-refractivity contribution in [3.8, 4) is 5.75 Å². The molecule has 21 heavy (non-hydrogen) atoms. The van der Waals surface area contributed by atoms with Crippen molar-refractivity contribution in [2.24, 2.45) is 0 Å². The molecule has 1 N–H and O–H groups in total. The van der Waals surface area contributed by atoms with Gasteiger partial charge in [-0.15, -0.1) is 0 Å². The van der Waals surface area contributed by atoms with Gasteiger partial charge in [0.25, 0.3) is 0 Å². The Morgan fingerprint density at radius 2 is 1.90 bits per heavy atom. The third kappa shape index (κ3) is 3.74. The molecular weight excluding hydrogens is 270 g/mol. The van der Waals surface area contributed by atoms with Crippen LogP contribution in [0.4, 0.5) is 0 Å². The lowest BCUT2D eigenvalue weighted by Gasteiger charge is -2.31. The first-order chi connectivity index (χ1) is 10.2. The van der Waals surface area contributed by atoms with E-state index in [1.54, 1.807) is 24.3 Å². The molecule has 0 saturated carbocycles. The second-order valence-corrected chi connectivity index (χ2v) is 5.75. The molecule has 0 aromatic heterocycles. The van der Waals surface area contributed by atoms with Gasteiger partial charge in [0.05, 0.1) is 24.4 Å². The minimum atomic E-state index is -0.913. The van der Waals surface area contributed by atoms with Crippen LogP contribution in [0.15, 0.2) is 24.3 Å². The van der Waals surface area contributed by atoms with Crippen molar-refractivity contribution in [3.05, 3.63) is 29.8 Å². The van der Waals surface area contributed by atoms with E-state index in [0.717, 1.165) is 31.8 Å². The predicted octanol–water partition coefficient (Wildman–Crippen LogP) is 2.02. The van der Waals surface area contributed by atoms with Crippen molar-refractivity contribution < 1.29 is 19.4 Å². The van der Waals surface area contributed by atoms with E-state index in [1.165, 1.54) is 12.8 Å². The fourth-order valence-corrected chi connectivity index (χ4v) is 3.05. The van der Waals surface area contributed by atoms with Crippen LogP contribution in [0.5, 0.6) is 5.75 Å².